The zero-order chi connectivity index (χ0) is 19.0. The highest BCUT2D eigenvalue weighted by atomic mass is 32.2. The smallest absolute Gasteiger partial charge is 0.323 e. The van der Waals surface area contributed by atoms with Crippen molar-refractivity contribution >= 4 is 27.7 Å². The Morgan fingerprint density at radius 2 is 1.93 bits per heavy atom. The van der Waals surface area contributed by atoms with E-state index in [-0.39, 0.29) is 12.0 Å². The summed E-state index contributed by atoms with van der Waals surface area (Å²) in [6.45, 7) is 2.01. The summed E-state index contributed by atoms with van der Waals surface area (Å²) in [5.74, 6) is 0.0909. The Morgan fingerprint density at radius 1 is 1.19 bits per heavy atom. The molecule has 3 atom stereocenters. The highest BCUT2D eigenvalue weighted by Gasteiger charge is 2.34. The maximum atomic E-state index is 12.9. The lowest BCUT2D eigenvalue weighted by molar-refractivity contribution is -0.143. The molecule has 4 rings (SSSR count). The number of para-hydroxylation sites is 1. The summed E-state index contributed by atoms with van der Waals surface area (Å²) in [6, 6.07) is 15.1. The summed E-state index contributed by atoms with van der Waals surface area (Å²) in [4.78, 5) is 16.5. The van der Waals surface area contributed by atoms with Crippen molar-refractivity contribution in [3.05, 3.63) is 65.4 Å². The van der Waals surface area contributed by atoms with Crippen LogP contribution in [0, 0.1) is 6.92 Å². The largest absolute Gasteiger partial charge is 0.468 e. The molecule has 0 amide bonds. The third kappa shape index (κ3) is 3.42. The average molecular weight is 382 g/mol. The molecule has 2 heterocycles. The molecule has 0 saturated carbocycles. The molecule has 27 heavy (non-hydrogen) atoms. The minimum atomic E-state index is -1.18. The minimum absolute atomic E-state index is 0.215. The van der Waals surface area contributed by atoms with E-state index in [0.717, 1.165) is 32.6 Å². The Morgan fingerprint density at radius 3 is 2.67 bits per heavy atom. The number of H-pyrrole nitrogens is 1. The second-order valence-electron chi connectivity index (χ2n) is 6.89. The Hall–Kier alpha value is -2.44. The predicted molar refractivity (Wildman–Crippen MR) is 106 cm³/mol. The van der Waals surface area contributed by atoms with Gasteiger partial charge in [0.15, 0.2) is 0 Å². The van der Waals surface area contributed by atoms with Crippen molar-refractivity contribution in [3.63, 3.8) is 0 Å². The molecule has 0 saturated heterocycles. The quantitative estimate of drug-likeness (QED) is 0.681. The molecule has 6 heteroatoms. The van der Waals surface area contributed by atoms with Gasteiger partial charge in [0.2, 0.25) is 0 Å². The lowest BCUT2D eigenvalue weighted by Gasteiger charge is -2.29. The van der Waals surface area contributed by atoms with Crippen LogP contribution in [0.25, 0.3) is 10.9 Å². The zero-order valence-electron chi connectivity index (χ0n) is 15.3. The first-order chi connectivity index (χ1) is 13.1. The molecule has 0 fully saturated rings. The number of methoxy groups -OCH3 is 1. The van der Waals surface area contributed by atoms with Gasteiger partial charge in [0.25, 0.3) is 0 Å². The van der Waals surface area contributed by atoms with Crippen LogP contribution >= 0.6 is 0 Å². The van der Waals surface area contributed by atoms with E-state index in [2.05, 4.69) is 16.4 Å². The normalized spacial score (nSPS) is 20.2. The van der Waals surface area contributed by atoms with Crippen molar-refractivity contribution in [2.75, 3.05) is 12.9 Å². The summed E-state index contributed by atoms with van der Waals surface area (Å²) in [7, 11) is 0.214. The van der Waals surface area contributed by atoms with Crippen LogP contribution in [0.1, 0.15) is 22.9 Å². The molecule has 1 aliphatic rings. The number of ether oxygens (including phenoxy) is 1. The van der Waals surface area contributed by atoms with E-state index in [1.54, 1.807) is 0 Å². The van der Waals surface area contributed by atoms with Gasteiger partial charge in [0.05, 0.1) is 24.0 Å². The van der Waals surface area contributed by atoms with E-state index in [9.17, 15) is 9.00 Å². The van der Waals surface area contributed by atoms with Gasteiger partial charge >= 0.3 is 5.97 Å². The molecule has 140 valence electrons. The summed E-state index contributed by atoms with van der Waals surface area (Å²) < 4.78 is 17.9. The minimum Gasteiger partial charge on any atom is -0.468 e. The molecule has 2 N–H and O–H groups in total. The average Bonchev–Trinajstić information content (AvgIpc) is 3.07. The monoisotopic (exact) mass is 382 g/mol. The van der Waals surface area contributed by atoms with E-state index >= 15 is 0 Å². The number of carbonyl (C=O) groups excluding carboxylic acids is 1. The maximum Gasteiger partial charge on any atom is 0.323 e. The number of esters is 1. The molecule has 5 nitrogen and oxygen atoms in total. The van der Waals surface area contributed by atoms with Gasteiger partial charge in [-0.2, -0.15) is 0 Å². The lowest BCUT2D eigenvalue weighted by atomic mass is 9.94. The number of hydrogen-bond acceptors (Lipinski definition) is 4. The molecule has 0 bridgehead atoms. The number of fused-ring (bicyclic) bond motifs is 3. The van der Waals surface area contributed by atoms with Gasteiger partial charge in [-0.15, -0.1) is 0 Å². The van der Waals surface area contributed by atoms with Crippen LogP contribution in [0.2, 0.25) is 0 Å². The Balaban J connectivity index is 1.69. The molecule has 0 aliphatic carbocycles. The second kappa shape index (κ2) is 7.29. The zero-order valence-corrected chi connectivity index (χ0v) is 16.1. The van der Waals surface area contributed by atoms with Crippen LogP contribution in [-0.2, 0) is 26.8 Å². The predicted octanol–water partition coefficient (Wildman–Crippen LogP) is 3.01. The van der Waals surface area contributed by atoms with Gasteiger partial charge in [-0.05, 0) is 30.7 Å². The Kier molecular flexibility index (Phi) is 4.85. The first kappa shape index (κ1) is 17.9. The number of hydrogen-bond donors (Lipinski definition) is 2. The van der Waals surface area contributed by atoms with Gasteiger partial charge in [-0.3, -0.25) is 14.3 Å². The van der Waals surface area contributed by atoms with Gasteiger partial charge in [-0.1, -0.05) is 35.9 Å². The lowest BCUT2D eigenvalue weighted by Crippen LogP contribution is -2.46. The molecule has 0 spiro atoms. The number of benzene rings is 2. The molecular formula is C21H22N2O3S. The van der Waals surface area contributed by atoms with Gasteiger partial charge in [0.1, 0.15) is 6.04 Å². The molecule has 2 aromatic carbocycles. The number of nitrogens with one attached hydrogen (secondary N) is 2. The first-order valence-electron chi connectivity index (χ1n) is 8.95. The van der Waals surface area contributed by atoms with Gasteiger partial charge in [0, 0.05) is 33.7 Å². The van der Waals surface area contributed by atoms with E-state index < -0.39 is 16.8 Å². The number of carbonyl (C=O) groups is 1. The summed E-state index contributed by atoms with van der Waals surface area (Å²) in [5, 5.41) is 4.44. The number of aromatic nitrogens is 1. The third-order valence-corrected chi connectivity index (χ3v) is 6.53. The number of aromatic amines is 1. The standard InChI is InChI=1S/C21H22N2O3S/c1-13-7-9-14(10-8-13)27(25)12-19-20-16(11-18(22-19)21(24)26-2)15-5-3-4-6-17(15)23-20/h3-10,18-19,22-23H,11-12H2,1-2H3/t18-,19-,27?/m0/s1. The van der Waals surface area contributed by atoms with Crippen molar-refractivity contribution in [3.8, 4) is 0 Å². The van der Waals surface area contributed by atoms with E-state index in [1.807, 2.05) is 49.4 Å². The van der Waals surface area contributed by atoms with Crippen molar-refractivity contribution in [2.45, 2.75) is 30.3 Å². The Bertz CT molecular complexity index is 1010. The fourth-order valence-corrected chi connectivity index (χ4v) is 4.89. The second-order valence-corrected chi connectivity index (χ2v) is 8.38. The van der Waals surface area contributed by atoms with Crippen LogP contribution in [0.4, 0.5) is 0 Å². The van der Waals surface area contributed by atoms with Crippen LogP contribution < -0.4 is 5.32 Å². The van der Waals surface area contributed by atoms with Crippen molar-refractivity contribution in [2.24, 2.45) is 0 Å². The molecule has 1 unspecified atom stereocenters. The summed E-state index contributed by atoms with van der Waals surface area (Å²) in [5.41, 5.74) is 4.28. The fraction of sp³-hybridized carbons (Fsp3) is 0.286. The summed E-state index contributed by atoms with van der Waals surface area (Å²) in [6.07, 6.45) is 0.555. The molecule has 3 aromatic rings. The first-order valence-corrected chi connectivity index (χ1v) is 10.3. The van der Waals surface area contributed by atoms with Crippen LogP contribution in [0.3, 0.4) is 0 Å². The van der Waals surface area contributed by atoms with Gasteiger partial charge in [-0.25, -0.2) is 0 Å². The van der Waals surface area contributed by atoms with E-state index in [1.165, 1.54) is 7.11 Å². The Labute approximate surface area is 160 Å². The number of rotatable bonds is 4. The topological polar surface area (TPSA) is 71.2 Å². The SMILES string of the molecule is COC(=O)[C@@H]1Cc2c([nH]c3ccccc23)[C@H](CS(=O)c2ccc(C)cc2)N1. The van der Waals surface area contributed by atoms with E-state index in [0.29, 0.717) is 12.2 Å². The van der Waals surface area contributed by atoms with Gasteiger partial charge < -0.3 is 9.72 Å². The molecule has 1 aliphatic heterocycles. The van der Waals surface area contributed by atoms with Crippen molar-refractivity contribution in [1.82, 2.24) is 10.3 Å². The summed E-state index contributed by atoms with van der Waals surface area (Å²) >= 11 is 0. The van der Waals surface area contributed by atoms with E-state index in [4.69, 9.17) is 4.74 Å². The van der Waals surface area contributed by atoms with Crippen molar-refractivity contribution < 1.29 is 13.7 Å². The molecule has 1 aromatic heterocycles. The third-order valence-electron chi connectivity index (χ3n) is 5.09. The molecular weight excluding hydrogens is 360 g/mol. The molecule has 0 radical (unpaired) electrons. The van der Waals surface area contributed by atoms with Crippen molar-refractivity contribution in [1.29, 1.82) is 0 Å². The van der Waals surface area contributed by atoms with Crippen LogP contribution in [0.5, 0.6) is 0 Å². The number of aryl methyl sites for hydroxylation is 1. The van der Waals surface area contributed by atoms with Crippen LogP contribution in [-0.4, -0.2) is 34.1 Å². The highest BCUT2D eigenvalue weighted by Crippen LogP contribution is 2.33. The fourth-order valence-electron chi connectivity index (χ4n) is 3.69. The highest BCUT2D eigenvalue weighted by molar-refractivity contribution is 7.85. The van der Waals surface area contributed by atoms with Crippen LogP contribution in [0.15, 0.2) is 53.4 Å². The maximum absolute atomic E-state index is 12.9.